The van der Waals surface area contributed by atoms with Gasteiger partial charge in [-0.05, 0) is 12.5 Å². The van der Waals surface area contributed by atoms with Crippen molar-refractivity contribution >= 4 is 5.97 Å². The van der Waals surface area contributed by atoms with Gasteiger partial charge in [-0.25, -0.2) is 4.79 Å². The molecule has 4 heteroatoms. The van der Waals surface area contributed by atoms with E-state index in [0.29, 0.717) is 0 Å². The zero-order valence-electron chi connectivity index (χ0n) is 8.64. The molecule has 0 fully saturated rings. The largest absolute Gasteiger partial charge is 0.459 e. The van der Waals surface area contributed by atoms with Crippen molar-refractivity contribution in [1.29, 1.82) is 0 Å². The van der Waals surface area contributed by atoms with E-state index in [2.05, 4.69) is 0 Å². The molecule has 0 aromatic heterocycles. The summed E-state index contributed by atoms with van der Waals surface area (Å²) in [6.45, 7) is 1.17. The van der Waals surface area contributed by atoms with Crippen molar-refractivity contribution < 1.29 is 14.6 Å². The molecule has 0 heterocycles. The summed E-state index contributed by atoms with van der Waals surface area (Å²) >= 11 is 0. The summed E-state index contributed by atoms with van der Waals surface area (Å²) in [5, 5.41) is 8.84. The molecule has 4 nitrogen and oxygen atoms in total. The van der Waals surface area contributed by atoms with Crippen LogP contribution in [0.15, 0.2) is 30.3 Å². The SMILES string of the molecule is C[C@](N)(CO)C(=O)OCc1ccccc1. The average molecular weight is 209 g/mol. The maximum atomic E-state index is 11.4. The second-order valence-electron chi connectivity index (χ2n) is 3.64. The molecule has 0 aliphatic heterocycles. The Morgan fingerprint density at radius 3 is 2.60 bits per heavy atom. The first-order valence-electron chi connectivity index (χ1n) is 4.67. The minimum Gasteiger partial charge on any atom is -0.459 e. The van der Waals surface area contributed by atoms with Gasteiger partial charge in [0.05, 0.1) is 6.61 Å². The number of ether oxygens (including phenoxy) is 1. The molecule has 0 aliphatic carbocycles. The Morgan fingerprint density at radius 1 is 1.47 bits per heavy atom. The number of aliphatic hydroxyl groups is 1. The fraction of sp³-hybridized carbons (Fsp3) is 0.364. The number of rotatable bonds is 4. The predicted molar refractivity (Wildman–Crippen MR) is 55.9 cm³/mol. The second-order valence-corrected chi connectivity index (χ2v) is 3.64. The van der Waals surface area contributed by atoms with E-state index in [1.165, 1.54) is 6.92 Å². The lowest BCUT2D eigenvalue weighted by molar-refractivity contribution is -0.152. The zero-order valence-corrected chi connectivity index (χ0v) is 8.64. The maximum Gasteiger partial charge on any atom is 0.328 e. The molecule has 0 bridgehead atoms. The van der Waals surface area contributed by atoms with Crippen LogP contribution in [0.1, 0.15) is 12.5 Å². The Balaban J connectivity index is 2.48. The summed E-state index contributed by atoms with van der Waals surface area (Å²) < 4.78 is 4.96. The van der Waals surface area contributed by atoms with Crippen LogP contribution < -0.4 is 5.73 Å². The average Bonchev–Trinajstić information content (AvgIpc) is 2.27. The molecule has 3 N–H and O–H groups in total. The van der Waals surface area contributed by atoms with Crippen molar-refractivity contribution in [3.63, 3.8) is 0 Å². The number of hydrogen-bond donors (Lipinski definition) is 2. The molecule has 0 unspecified atom stereocenters. The standard InChI is InChI=1S/C11H15NO3/c1-11(12,8-13)10(14)15-7-9-5-3-2-4-6-9/h2-6,13H,7-8,12H2,1H3/t11-/m0/s1. The van der Waals surface area contributed by atoms with Gasteiger partial charge in [0.1, 0.15) is 12.1 Å². The minimum absolute atomic E-state index is 0.173. The Bertz CT molecular complexity index is 322. The van der Waals surface area contributed by atoms with Gasteiger partial charge in [0, 0.05) is 0 Å². The van der Waals surface area contributed by atoms with Crippen LogP contribution in [0, 0.1) is 0 Å². The van der Waals surface area contributed by atoms with Crippen LogP contribution in [-0.2, 0) is 16.1 Å². The first-order valence-corrected chi connectivity index (χ1v) is 4.67. The molecule has 0 radical (unpaired) electrons. The highest BCUT2D eigenvalue weighted by atomic mass is 16.5. The minimum atomic E-state index is -1.32. The molecule has 0 aliphatic rings. The maximum absolute atomic E-state index is 11.4. The molecular formula is C11H15NO3. The van der Waals surface area contributed by atoms with E-state index in [0.717, 1.165) is 5.56 Å². The monoisotopic (exact) mass is 209 g/mol. The van der Waals surface area contributed by atoms with Gasteiger partial charge in [0.2, 0.25) is 0 Å². The molecule has 1 atom stereocenters. The van der Waals surface area contributed by atoms with Gasteiger partial charge in [-0.2, -0.15) is 0 Å². The molecule has 1 aromatic rings. The summed E-state index contributed by atoms with van der Waals surface area (Å²) in [5.41, 5.74) is 5.06. The number of carbonyl (C=O) groups is 1. The quantitative estimate of drug-likeness (QED) is 0.706. The van der Waals surface area contributed by atoms with Crippen LogP contribution in [0.5, 0.6) is 0 Å². The lowest BCUT2D eigenvalue weighted by atomic mass is 10.1. The normalized spacial score (nSPS) is 14.3. The third-order valence-electron chi connectivity index (χ3n) is 2.01. The highest BCUT2D eigenvalue weighted by Crippen LogP contribution is 2.05. The first kappa shape index (κ1) is 11.7. The van der Waals surface area contributed by atoms with Crippen molar-refractivity contribution in [3.8, 4) is 0 Å². The predicted octanol–water partition coefficient (Wildman–Crippen LogP) is 0.439. The smallest absolute Gasteiger partial charge is 0.328 e. The van der Waals surface area contributed by atoms with Crippen LogP contribution in [0.4, 0.5) is 0 Å². The van der Waals surface area contributed by atoms with Gasteiger partial charge in [0.25, 0.3) is 0 Å². The van der Waals surface area contributed by atoms with Gasteiger partial charge in [-0.1, -0.05) is 30.3 Å². The molecule has 0 spiro atoms. The van der Waals surface area contributed by atoms with E-state index >= 15 is 0 Å². The van der Waals surface area contributed by atoms with Gasteiger partial charge in [-0.15, -0.1) is 0 Å². The molecule has 0 saturated heterocycles. The first-order chi connectivity index (χ1) is 7.06. The Kier molecular flexibility index (Phi) is 3.82. The van der Waals surface area contributed by atoms with Gasteiger partial charge in [-0.3, -0.25) is 0 Å². The summed E-state index contributed by atoms with van der Waals surface area (Å²) in [6.07, 6.45) is 0. The highest BCUT2D eigenvalue weighted by Gasteiger charge is 2.29. The highest BCUT2D eigenvalue weighted by molar-refractivity contribution is 5.80. The van der Waals surface area contributed by atoms with Crippen LogP contribution in [0.25, 0.3) is 0 Å². The Hall–Kier alpha value is -1.39. The number of nitrogens with two attached hydrogens (primary N) is 1. The number of esters is 1. The van der Waals surface area contributed by atoms with E-state index in [9.17, 15) is 4.79 Å². The van der Waals surface area contributed by atoms with Gasteiger partial charge < -0.3 is 15.6 Å². The summed E-state index contributed by atoms with van der Waals surface area (Å²) in [5.74, 6) is -0.603. The number of aliphatic hydroxyl groups excluding tert-OH is 1. The van der Waals surface area contributed by atoms with Gasteiger partial charge >= 0.3 is 5.97 Å². The third-order valence-corrected chi connectivity index (χ3v) is 2.01. The van der Waals surface area contributed by atoms with E-state index < -0.39 is 18.1 Å². The molecule has 15 heavy (non-hydrogen) atoms. The molecule has 0 saturated carbocycles. The fourth-order valence-electron chi connectivity index (χ4n) is 0.953. The van der Waals surface area contributed by atoms with E-state index in [4.69, 9.17) is 15.6 Å². The van der Waals surface area contributed by atoms with Crippen molar-refractivity contribution in [1.82, 2.24) is 0 Å². The fourth-order valence-corrected chi connectivity index (χ4v) is 0.953. The van der Waals surface area contributed by atoms with Crippen LogP contribution >= 0.6 is 0 Å². The summed E-state index contributed by atoms with van der Waals surface area (Å²) in [6, 6.07) is 9.29. The van der Waals surface area contributed by atoms with E-state index in [-0.39, 0.29) is 6.61 Å². The van der Waals surface area contributed by atoms with Crippen molar-refractivity contribution in [2.24, 2.45) is 5.73 Å². The second kappa shape index (κ2) is 4.91. The molecule has 1 rings (SSSR count). The zero-order chi connectivity index (χ0) is 11.3. The Morgan fingerprint density at radius 2 is 2.07 bits per heavy atom. The van der Waals surface area contributed by atoms with Crippen molar-refractivity contribution in [3.05, 3.63) is 35.9 Å². The van der Waals surface area contributed by atoms with E-state index in [1.54, 1.807) is 0 Å². The number of benzene rings is 1. The van der Waals surface area contributed by atoms with Crippen molar-refractivity contribution in [2.75, 3.05) is 6.61 Å². The topological polar surface area (TPSA) is 72.5 Å². The van der Waals surface area contributed by atoms with Gasteiger partial charge in [0.15, 0.2) is 0 Å². The lowest BCUT2D eigenvalue weighted by Crippen LogP contribution is -2.49. The summed E-state index contributed by atoms with van der Waals surface area (Å²) in [4.78, 5) is 11.4. The van der Waals surface area contributed by atoms with Crippen LogP contribution in [0.3, 0.4) is 0 Å². The molecule has 82 valence electrons. The van der Waals surface area contributed by atoms with Crippen LogP contribution in [-0.4, -0.2) is 23.2 Å². The van der Waals surface area contributed by atoms with Crippen molar-refractivity contribution in [2.45, 2.75) is 19.1 Å². The third kappa shape index (κ3) is 3.34. The lowest BCUT2D eigenvalue weighted by Gasteiger charge is -2.19. The Labute approximate surface area is 88.7 Å². The molecule has 1 aromatic carbocycles. The summed E-state index contributed by atoms with van der Waals surface area (Å²) in [7, 11) is 0. The van der Waals surface area contributed by atoms with Crippen LogP contribution in [0.2, 0.25) is 0 Å². The molecular weight excluding hydrogens is 194 g/mol. The van der Waals surface area contributed by atoms with E-state index in [1.807, 2.05) is 30.3 Å². The number of carbonyl (C=O) groups excluding carboxylic acids is 1. The molecule has 0 amide bonds. The number of hydrogen-bond acceptors (Lipinski definition) is 4.